The number of nitrogens with one attached hydrogen (secondary N) is 1. The molecule has 2 heterocycles. The van der Waals surface area contributed by atoms with Gasteiger partial charge in [-0.2, -0.15) is 18.3 Å². The number of rotatable bonds is 2. The van der Waals surface area contributed by atoms with Gasteiger partial charge in [-0.15, -0.1) is 11.3 Å². The fraction of sp³-hybridized carbons (Fsp3) is 0.200. The Kier molecular flexibility index (Phi) is 3.83. The van der Waals surface area contributed by atoms with Gasteiger partial charge in [-0.25, -0.2) is 4.39 Å². The zero-order valence-corrected chi connectivity index (χ0v) is 13.3. The van der Waals surface area contributed by atoms with Crippen LogP contribution in [0.1, 0.15) is 20.9 Å². The van der Waals surface area contributed by atoms with Crippen molar-refractivity contribution in [1.82, 2.24) is 9.78 Å². The van der Waals surface area contributed by atoms with Crippen molar-refractivity contribution in [3.63, 3.8) is 0 Å². The van der Waals surface area contributed by atoms with E-state index in [0.29, 0.717) is 11.3 Å². The van der Waals surface area contributed by atoms with Gasteiger partial charge in [0.25, 0.3) is 5.91 Å². The van der Waals surface area contributed by atoms with Gasteiger partial charge in [-0.3, -0.25) is 9.48 Å². The Hall–Kier alpha value is -2.42. The number of alkyl halides is 3. The maximum Gasteiger partial charge on any atom is 0.435 e. The van der Waals surface area contributed by atoms with Crippen LogP contribution in [0.5, 0.6) is 0 Å². The SMILES string of the molecule is Cc1cc(F)ccc1NC(=O)c1cc2c(C(F)(F)F)nn(C)c2s1. The molecule has 0 spiro atoms. The molecule has 0 atom stereocenters. The normalized spacial score (nSPS) is 11.9. The van der Waals surface area contributed by atoms with Crippen LogP contribution in [0.15, 0.2) is 24.3 Å². The minimum atomic E-state index is -4.60. The van der Waals surface area contributed by atoms with Crippen molar-refractivity contribution in [3.8, 4) is 0 Å². The highest BCUT2D eigenvalue weighted by atomic mass is 32.1. The third-order valence-electron chi connectivity index (χ3n) is 3.44. The summed E-state index contributed by atoms with van der Waals surface area (Å²) in [5, 5.41) is 5.92. The number of nitrogens with zero attached hydrogens (tertiary/aromatic N) is 2. The Labute approximate surface area is 137 Å². The molecule has 0 saturated heterocycles. The minimum Gasteiger partial charge on any atom is -0.321 e. The number of hydrogen-bond acceptors (Lipinski definition) is 3. The van der Waals surface area contributed by atoms with E-state index < -0.39 is 23.6 Å². The van der Waals surface area contributed by atoms with Crippen molar-refractivity contribution in [3.05, 3.63) is 46.2 Å². The van der Waals surface area contributed by atoms with E-state index in [1.54, 1.807) is 6.92 Å². The van der Waals surface area contributed by atoms with Gasteiger partial charge in [-0.1, -0.05) is 0 Å². The molecule has 0 aliphatic rings. The molecule has 3 aromatic rings. The summed E-state index contributed by atoms with van der Waals surface area (Å²) in [5.74, 6) is -0.993. The fourth-order valence-corrected chi connectivity index (χ4v) is 3.28. The molecule has 1 N–H and O–H groups in total. The lowest BCUT2D eigenvalue weighted by Crippen LogP contribution is -2.11. The first-order chi connectivity index (χ1) is 11.2. The first-order valence-electron chi connectivity index (χ1n) is 6.78. The van der Waals surface area contributed by atoms with E-state index in [-0.39, 0.29) is 15.1 Å². The second-order valence-corrected chi connectivity index (χ2v) is 6.24. The van der Waals surface area contributed by atoms with Gasteiger partial charge in [0.05, 0.1) is 4.88 Å². The summed E-state index contributed by atoms with van der Waals surface area (Å²) < 4.78 is 53.1. The summed E-state index contributed by atoms with van der Waals surface area (Å²) in [4.78, 5) is 12.7. The Balaban J connectivity index is 1.96. The maximum atomic E-state index is 13.1. The summed E-state index contributed by atoms with van der Waals surface area (Å²) in [5.41, 5.74) is -0.108. The van der Waals surface area contributed by atoms with Gasteiger partial charge in [0.2, 0.25) is 0 Å². The summed E-state index contributed by atoms with van der Waals surface area (Å²) in [6.07, 6.45) is -4.60. The molecule has 1 amide bonds. The molecule has 4 nitrogen and oxygen atoms in total. The Morgan fingerprint density at radius 1 is 1.29 bits per heavy atom. The first-order valence-corrected chi connectivity index (χ1v) is 7.59. The van der Waals surface area contributed by atoms with E-state index in [4.69, 9.17) is 0 Å². The van der Waals surface area contributed by atoms with Crippen LogP contribution in [0.3, 0.4) is 0 Å². The van der Waals surface area contributed by atoms with Gasteiger partial charge in [0.15, 0.2) is 5.69 Å². The Morgan fingerprint density at radius 2 is 2.00 bits per heavy atom. The minimum absolute atomic E-state index is 0.115. The highest BCUT2D eigenvalue weighted by Crippen LogP contribution is 2.37. The highest BCUT2D eigenvalue weighted by Gasteiger charge is 2.37. The average Bonchev–Trinajstić information content (AvgIpc) is 3.02. The van der Waals surface area contributed by atoms with Gasteiger partial charge in [-0.05, 0) is 36.8 Å². The van der Waals surface area contributed by atoms with Gasteiger partial charge in [0.1, 0.15) is 10.6 Å². The standard InChI is InChI=1S/C15H11F4N3OS/c1-7-5-8(16)3-4-10(7)20-13(23)11-6-9-12(15(17,18)19)21-22(2)14(9)24-11/h3-6H,1-2H3,(H,20,23). The molecule has 0 aliphatic heterocycles. The van der Waals surface area contributed by atoms with Crippen molar-refractivity contribution >= 4 is 33.1 Å². The van der Waals surface area contributed by atoms with Crippen LogP contribution < -0.4 is 5.32 Å². The Morgan fingerprint density at radius 3 is 2.62 bits per heavy atom. The largest absolute Gasteiger partial charge is 0.435 e. The molecule has 2 aromatic heterocycles. The molecule has 3 rings (SSSR count). The molecule has 9 heteroatoms. The lowest BCUT2D eigenvalue weighted by molar-refractivity contribution is -0.140. The van der Waals surface area contributed by atoms with Gasteiger partial charge in [0, 0.05) is 18.1 Å². The molecule has 0 aliphatic carbocycles. The second kappa shape index (κ2) is 5.59. The number of anilines is 1. The lowest BCUT2D eigenvalue weighted by Gasteiger charge is -2.07. The van der Waals surface area contributed by atoms with Crippen molar-refractivity contribution in [2.24, 2.45) is 7.05 Å². The average molecular weight is 357 g/mol. The number of aromatic nitrogens is 2. The Bertz CT molecular complexity index is 942. The second-order valence-electron chi connectivity index (χ2n) is 5.21. The molecule has 0 unspecified atom stereocenters. The van der Waals surface area contributed by atoms with E-state index >= 15 is 0 Å². The van der Waals surface area contributed by atoms with Crippen molar-refractivity contribution in [2.45, 2.75) is 13.1 Å². The number of fused-ring (bicyclic) bond motifs is 1. The number of benzene rings is 1. The molecule has 0 saturated carbocycles. The zero-order valence-electron chi connectivity index (χ0n) is 12.5. The molecule has 1 aromatic carbocycles. The number of carbonyl (C=O) groups excluding carboxylic acids is 1. The molecule has 0 radical (unpaired) electrons. The number of aryl methyl sites for hydroxylation is 2. The predicted octanol–water partition coefficient (Wildman–Crippen LogP) is 4.35. The van der Waals surface area contributed by atoms with Crippen molar-refractivity contribution in [1.29, 1.82) is 0 Å². The van der Waals surface area contributed by atoms with Crippen LogP contribution in [0.2, 0.25) is 0 Å². The maximum absolute atomic E-state index is 13.1. The zero-order chi connectivity index (χ0) is 17.6. The molecule has 126 valence electrons. The van der Waals surface area contributed by atoms with E-state index in [2.05, 4.69) is 10.4 Å². The van der Waals surface area contributed by atoms with Gasteiger partial charge < -0.3 is 5.32 Å². The molecular formula is C15H11F4N3OS. The van der Waals surface area contributed by atoms with Crippen LogP contribution in [0.25, 0.3) is 10.2 Å². The van der Waals surface area contributed by atoms with Gasteiger partial charge >= 0.3 is 6.18 Å². The highest BCUT2D eigenvalue weighted by molar-refractivity contribution is 7.20. The van der Waals surface area contributed by atoms with Crippen LogP contribution in [-0.4, -0.2) is 15.7 Å². The summed E-state index contributed by atoms with van der Waals surface area (Å²) in [7, 11) is 1.39. The van der Waals surface area contributed by atoms with Crippen LogP contribution in [0.4, 0.5) is 23.2 Å². The van der Waals surface area contributed by atoms with E-state index in [9.17, 15) is 22.4 Å². The first kappa shape index (κ1) is 16.4. The number of thiophene rings is 1. The molecule has 24 heavy (non-hydrogen) atoms. The monoisotopic (exact) mass is 357 g/mol. The van der Waals surface area contributed by atoms with Crippen molar-refractivity contribution < 1.29 is 22.4 Å². The number of carbonyl (C=O) groups is 1. The van der Waals surface area contributed by atoms with Crippen LogP contribution in [0, 0.1) is 12.7 Å². The van der Waals surface area contributed by atoms with E-state index in [1.165, 1.54) is 31.3 Å². The number of halogens is 4. The summed E-state index contributed by atoms with van der Waals surface area (Å²) in [6, 6.07) is 5.02. The van der Waals surface area contributed by atoms with E-state index in [0.717, 1.165) is 16.0 Å². The van der Waals surface area contributed by atoms with E-state index in [1.807, 2.05) is 0 Å². The molecule has 0 fully saturated rings. The third kappa shape index (κ3) is 2.86. The smallest absolute Gasteiger partial charge is 0.321 e. The third-order valence-corrected chi connectivity index (χ3v) is 4.64. The fourth-order valence-electron chi connectivity index (χ4n) is 2.31. The summed E-state index contributed by atoms with van der Waals surface area (Å²) >= 11 is 0.912. The quantitative estimate of drug-likeness (QED) is 0.693. The lowest BCUT2D eigenvalue weighted by atomic mass is 10.2. The summed E-state index contributed by atoms with van der Waals surface area (Å²) in [6.45, 7) is 1.62. The number of amides is 1. The topological polar surface area (TPSA) is 46.9 Å². The molecule has 0 bridgehead atoms. The van der Waals surface area contributed by atoms with Crippen molar-refractivity contribution in [2.75, 3.05) is 5.32 Å². The van der Waals surface area contributed by atoms with Crippen LogP contribution in [-0.2, 0) is 13.2 Å². The van der Waals surface area contributed by atoms with Crippen LogP contribution >= 0.6 is 11.3 Å². The molecular weight excluding hydrogens is 346 g/mol. The number of hydrogen-bond donors (Lipinski definition) is 1. The predicted molar refractivity (Wildman–Crippen MR) is 82.7 cm³/mol.